The van der Waals surface area contributed by atoms with Crippen LogP contribution in [0.2, 0.25) is 0 Å². The quantitative estimate of drug-likeness (QED) is 0.126. The van der Waals surface area contributed by atoms with Crippen molar-refractivity contribution in [1.29, 1.82) is 0 Å². The highest BCUT2D eigenvalue weighted by molar-refractivity contribution is 4.96. The third-order valence-electron chi connectivity index (χ3n) is 22.1. The van der Waals surface area contributed by atoms with Crippen LogP contribution in [0.1, 0.15) is 184 Å². The Labute approximate surface area is 472 Å². The molecule has 0 aromatic rings. The predicted octanol–water partition coefficient (Wildman–Crippen LogP) is 11.4. The molecule has 0 amide bonds. The lowest BCUT2D eigenvalue weighted by molar-refractivity contribution is -0.370. The number of aliphatic hydroxyl groups is 2. The largest absolute Gasteiger partial charge is 0.394 e. The number of hydrogen-bond donors (Lipinski definition) is 2. The minimum atomic E-state index is -0.947. The minimum absolute atomic E-state index is 0.0190. The van der Waals surface area contributed by atoms with Gasteiger partial charge < -0.3 is 71.8 Å². The molecule has 18 unspecified atom stereocenters. The first kappa shape index (κ1) is 65.0. The Bertz CT molecular complexity index is 1780. The Morgan fingerprint density at radius 1 is 0.244 bits per heavy atom. The van der Waals surface area contributed by atoms with E-state index in [2.05, 4.69) is 132 Å². The maximum Gasteiger partial charge on any atom is 0.161 e. The molecule has 7 fully saturated rings. The van der Waals surface area contributed by atoms with Crippen molar-refractivity contribution in [3.8, 4) is 0 Å². The third-order valence-corrected chi connectivity index (χ3v) is 22.1. The van der Waals surface area contributed by atoms with E-state index in [1.807, 2.05) is 13.8 Å². The molecular weight excluding hydrogens is 997 g/mol. The van der Waals surface area contributed by atoms with Crippen LogP contribution in [0, 0.1) is 88.8 Å². The Kier molecular flexibility index (Phi) is 23.4. The van der Waals surface area contributed by atoms with Crippen LogP contribution >= 0.6 is 0 Å². The molecule has 7 aliphatic heterocycles. The predicted molar refractivity (Wildman–Crippen MR) is 298 cm³/mol. The molecule has 7 rings (SSSR count). The summed E-state index contributed by atoms with van der Waals surface area (Å²) in [5.41, 5.74) is 0. The molecule has 78 heavy (non-hydrogen) atoms. The monoisotopic (exact) mass is 1110 g/mol. The summed E-state index contributed by atoms with van der Waals surface area (Å²) in [5.74, 6) is 1.95. The van der Waals surface area contributed by atoms with Crippen LogP contribution in [0.5, 0.6) is 0 Å². The molecule has 7 heterocycles. The third kappa shape index (κ3) is 13.3. The Hall–Kier alpha value is -0.600. The normalized spacial score (nSPS) is 53.5. The lowest BCUT2D eigenvalue weighted by Crippen LogP contribution is -2.60. The van der Waals surface area contributed by atoms with E-state index in [1.165, 1.54) is 0 Å². The van der Waals surface area contributed by atoms with Crippen molar-refractivity contribution in [2.45, 2.75) is 307 Å². The molecular formula is C63H114O15. The summed E-state index contributed by atoms with van der Waals surface area (Å²) < 4.78 is 89.2. The highest BCUT2D eigenvalue weighted by Gasteiger charge is 2.55. The Balaban J connectivity index is 0.947. The maximum atomic E-state index is 10.5. The number of aliphatic hydroxyl groups excluding tert-OH is 2. The summed E-state index contributed by atoms with van der Waals surface area (Å²) >= 11 is 0. The van der Waals surface area contributed by atoms with Crippen molar-refractivity contribution in [2.75, 3.05) is 6.61 Å². The van der Waals surface area contributed by atoms with Gasteiger partial charge in [-0.2, -0.15) is 0 Å². The summed E-state index contributed by atoms with van der Waals surface area (Å²) in [5, 5.41) is 20.7. The van der Waals surface area contributed by atoms with E-state index in [-0.39, 0.29) is 157 Å². The second-order valence-electron chi connectivity index (χ2n) is 26.4. The van der Waals surface area contributed by atoms with Crippen molar-refractivity contribution in [1.82, 2.24) is 0 Å². The lowest BCUT2D eigenvalue weighted by Gasteiger charge is -2.52. The summed E-state index contributed by atoms with van der Waals surface area (Å²) in [4.78, 5) is 0. The van der Waals surface area contributed by atoms with Crippen LogP contribution in [0.3, 0.4) is 0 Å². The first-order valence-corrected chi connectivity index (χ1v) is 31.8. The van der Waals surface area contributed by atoms with Crippen molar-refractivity contribution < 1.29 is 71.8 Å². The van der Waals surface area contributed by atoms with Gasteiger partial charge in [0.15, 0.2) is 44.0 Å². The minimum Gasteiger partial charge on any atom is -0.394 e. The average Bonchev–Trinajstić information content (AvgIpc) is 3.45. The molecule has 456 valence electrons. The summed E-state index contributed by atoms with van der Waals surface area (Å²) in [6.07, 6.45) is -1.22. The van der Waals surface area contributed by atoms with Gasteiger partial charge in [-0.15, -0.1) is 0 Å². The molecule has 15 nitrogen and oxygen atoms in total. The van der Waals surface area contributed by atoms with E-state index >= 15 is 0 Å². The molecule has 0 spiro atoms. The molecule has 0 bridgehead atoms. The van der Waals surface area contributed by atoms with Gasteiger partial charge in [-0.05, 0) is 85.9 Å². The molecule has 7 aliphatic rings. The Morgan fingerprint density at radius 2 is 0.449 bits per heavy atom. The number of ether oxygens (including phenoxy) is 13. The molecule has 0 aromatic carbocycles. The average molecular weight is 1110 g/mol. The molecule has 15 heteroatoms. The molecule has 35 atom stereocenters. The summed E-state index contributed by atoms with van der Waals surface area (Å²) in [7, 11) is 0. The molecule has 7 saturated heterocycles. The fourth-order valence-corrected chi connectivity index (χ4v) is 14.5. The van der Waals surface area contributed by atoms with Crippen LogP contribution in [0.15, 0.2) is 0 Å². The lowest BCUT2D eigenvalue weighted by atomic mass is 9.78. The van der Waals surface area contributed by atoms with Gasteiger partial charge in [0.05, 0.1) is 79.9 Å². The smallest absolute Gasteiger partial charge is 0.161 e. The van der Waals surface area contributed by atoms with Gasteiger partial charge in [0.25, 0.3) is 0 Å². The van der Waals surface area contributed by atoms with Gasteiger partial charge in [0.2, 0.25) is 0 Å². The van der Waals surface area contributed by atoms with Gasteiger partial charge in [0, 0.05) is 41.4 Å². The van der Waals surface area contributed by atoms with Crippen LogP contribution in [0.25, 0.3) is 0 Å². The van der Waals surface area contributed by atoms with Crippen molar-refractivity contribution in [2.24, 2.45) is 88.8 Å². The van der Waals surface area contributed by atoms with E-state index in [0.29, 0.717) is 17.8 Å². The topological polar surface area (TPSA) is 160 Å². The van der Waals surface area contributed by atoms with Crippen molar-refractivity contribution >= 4 is 0 Å². The van der Waals surface area contributed by atoms with Gasteiger partial charge in [-0.1, -0.05) is 145 Å². The van der Waals surface area contributed by atoms with E-state index in [4.69, 9.17) is 61.6 Å². The molecule has 0 saturated carbocycles. The second-order valence-corrected chi connectivity index (χ2v) is 26.4. The van der Waals surface area contributed by atoms with E-state index in [1.54, 1.807) is 0 Å². The molecule has 2 N–H and O–H groups in total. The Morgan fingerprint density at radius 3 is 0.679 bits per heavy atom. The zero-order valence-electron chi connectivity index (χ0n) is 52.4. The number of rotatable bonds is 19. The molecule has 0 aromatic heterocycles. The first-order chi connectivity index (χ1) is 37.0. The van der Waals surface area contributed by atoms with Gasteiger partial charge >= 0.3 is 0 Å². The zero-order valence-corrected chi connectivity index (χ0v) is 52.4. The van der Waals surface area contributed by atoms with E-state index in [0.717, 1.165) is 38.5 Å². The molecule has 0 aliphatic carbocycles. The molecule has 0 radical (unpaired) electrons. The van der Waals surface area contributed by atoms with Crippen LogP contribution in [-0.4, -0.2) is 140 Å². The van der Waals surface area contributed by atoms with Crippen molar-refractivity contribution in [3.05, 3.63) is 0 Å². The first-order valence-electron chi connectivity index (χ1n) is 31.8. The maximum absolute atomic E-state index is 10.5. The standard InChI is InChI=1S/C63H114O15/c1-22-44-30(8)29(7)38(16)58(67-44)73-51-32(10)39(17)59(68-45(51)23-2)74-52-33(11)40(18)60(69-46(52)24-3)75-53-34(12)41(19)61(70-47(53)25-4)76-54-35(13)42(20)62(71-48(54)26-5)77-55-36(14)43(21)63(72-49(55)27-6)78-56-31(9)37(15)57(65)66-50(56)28-64/h29-65H,22-28H2,1-21H3/t29-,30+,31?,32+,33?,34?,35+,36+,37?,38+,39?,40?,41?,42?,43?,44?,45?,46?,47?,48?,49?,50?,51+,52-,53-,54+,55+,56-,57?,58?,59-,60+,61+,62-,63-/m0/s1. The second kappa shape index (κ2) is 28.1. The highest BCUT2D eigenvalue weighted by Crippen LogP contribution is 2.47. The van der Waals surface area contributed by atoms with Gasteiger partial charge in [-0.3, -0.25) is 0 Å². The zero-order chi connectivity index (χ0) is 57.3. The van der Waals surface area contributed by atoms with E-state index in [9.17, 15) is 10.2 Å². The van der Waals surface area contributed by atoms with Gasteiger partial charge in [0.1, 0.15) is 6.10 Å². The fraction of sp³-hybridized carbons (Fsp3) is 1.00. The van der Waals surface area contributed by atoms with E-state index < -0.39 is 43.7 Å². The van der Waals surface area contributed by atoms with Gasteiger partial charge in [-0.25, -0.2) is 0 Å². The van der Waals surface area contributed by atoms with Crippen LogP contribution in [-0.2, 0) is 61.6 Å². The number of hydrogen-bond acceptors (Lipinski definition) is 15. The van der Waals surface area contributed by atoms with Crippen LogP contribution < -0.4 is 0 Å². The van der Waals surface area contributed by atoms with Crippen molar-refractivity contribution in [3.63, 3.8) is 0 Å². The fourth-order valence-electron chi connectivity index (χ4n) is 14.5. The summed E-state index contributed by atoms with van der Waals surface area (Å²) in [6, 6.07) is 0. The summed E-state index contributed by atoms with van der Waals surface area (Å²) in [6.45, 7) is 46.1. The van der Waals surface area contributed by atoms with Crippen LogP contribution in [0.4, 0.5) is 0 Å². The highest BCUT2D eigenvalue weighted by atomic mass is 16.8. The SMILES string of the molecule is CCC1O[C@H](O[C@H]2C(CC)O[C@@H](O[C@H]3C(CC)O[C@@H](O[C@@H]4C(CO)OC(O)C(C)C4C)C(C)[C@H]3C)C(C)[C@H]2C)C(C)C(C)[C@@H]1O[C@H]1OC(CC)[C@@H](O[C@@H]2OC(CC)[C@H](OC3OC(CC)[C@H](C)[C@H](C)[C@H]3C)[C@H](C)C2C)C(C)C1C.